The standard InChI is InChI=1S/C25H19Cl2N3O6S/c1-13-21(8-7-20(27)24(13)37(33,34)35)29-30-22-18-6-4-3-5-14(18)9-19(23(22)31)25(32)28-16-10-15(26)11-17(12-16)36-2/h3-12,31H,1-2H3,(H,28,32)(H,33,34,35). The smallest absolute Gasteiger partial charge is 0.296 e. The highest BCUT2D eigenvalue weighted by Crippen LogP contribution is 2.41. The van der Waals surface area contributed by atoms with Crippen LogP contribution in [0.2, 0.25) is 10.0 Å². The van der Waals surface area contributed by atoms with E-state index in [0.717, 1.165) is 0 Å². The van der Waals surface area contributed by atoms with Crippen LogP contribution in [0.25, 0.3) is 10.8 Å². The van der Waals surface area contributed by atoms with Crippen LogP contribution < -0.4 is 10.1 Å². The van der Waals surface area contributed by atoms with E-state index in [1.54, 1.807) is 36.4 Å². The molecule has 0 fully saturated rings. The number of nitrogens with zero attached hydrogens (tertiary/aromatic N) is 2. The van der Waals surface area contributed by atoms with Crippen LogP contribution in [0.1, 0.15) is 15.9 Å². The molecule has 0 radical (unpaired) electrons. The van der Waals surface area contributed by atoms with Gasteiger partial charge in [0.1, 0.15) is 16.3 Å². The second kappa shape index (κ2) is 10.3. The number of fused-ring (bicyclic) bond motifs is 1. The SMILES string of the molecule is COc1cc(Cl)cc(NC(=O)c2cc3ccccc3c(N=Nc3ccc(Cl)c(S(=O)(=O)O)c3C)c2O)c1. The number of benzene rings is 4. The minimum absolute atomic E-state index is 0.0188. The van der Waals surface area contributed by atoms with Crippen LogP contribution >= 0.6 is 23.2 Å². The molecule has 0 unspecified atom stereocenters. The van der Waals surface area contributed by atoms with Gasteiger partial charge in [0.25, 0.3) is 16.0 Å². The Morgan fingerprint density at radius 3 is 2.46 bits per heavy atom. The second-order valence-corrected chi connectivity index (χ2v) is 10.1. The fourth-order valence-electron chi connectivity index (χ4n) is 3.72. The number of ether oxygens (including phenoxy) is 1. The van der Waals surface area contributed by atoms with Crippen molar-refractivity contribution in [2.75, 3.05) is 12.4 Å². The molecule has 1 amide bonds. The van der Waals surface area contributed by atoms with Gasteiger partial charge in [0.2, 0.25) is 0 Å². The zero-order valence-corrected chi connectivity index (χ0v) is 21.7. The third-order valence-electron chi connectivity index (χ3n) is 5.45. The molecule has 0 aliphatic rings. The van der Waals surface area contributed by atoms with E-state index in [0.29, 0.717) is 27.2 Å². The van der Waals surface area contributed by atoms with E-state index in [1.807, 2.05) is 0 Å². The number of halogens is 2. The topological polar surface area (TPSA) is 138 Å². The number of hydrogen-bond donors (Lipinski definition) is 3. The van der Waals surface area contributed by atoms with Gasteiger partial charge in [0.15, 0.2) is 5.75 Å². The van der Waals surface area contributed by atoms with Crippen molar-refractivity contribution in [3.05, 3.63) is 81.8 Å². The van der Waals surface area contributed by atoms with Crippen LogP contribution in [0.4, 0.5) is 17.1 Å². The van der Waals surface area contributed by atoms with Crippen LogP contribution in [-0.4, -0.2) is 31.1 Å². The molecule has 190 valence electrons. The third-order valence-corrected chi connectivity index (χ3v) is 7.14. The Balaban J connectivity index is 1.81. The number of phenols is 1. The van der Waals surface area contributed by atoms with Crippen molar-refractivity contribution >= 4 is 67.1 Å². The Morgan fingerprint density at radius 1 is 1.03 bits per heavy atom. The molecular weight excluding hydrogens is 541 g/mol. The first-order valence-corrected chi connectivity index (χ1v) is 12.8. The summed E-state index contributed by atoms with van der Waals surface area (Å²) >= 11 is 12.0. The van der Waals surface area contributed by atoms with Gasteiger partial charge < -0.3 is 15.2 Å². The summed E-state index contributed by atoms with van der Waals surface area (Å²) in [4.78, 5) is 12.6. The Morgan fingerprint density at radius 2 is 1.76 bits per heavy atom. The van der Waals surface area contributed by atoms with Crippen molar-refractivity contribution in [2.45, 2.75) is 11.8 Å². The molecule has 0 aliphatic carbocycles. The lowest BCUT2D eigenvalue weighted by Crippen LogP contribution is -2.12. The maximum Gasteiger partial charge on any atom is 0.296 e. The maximum atomic E-state index is 13.1. The molecule has 0 spiro atoms. The van der Waals surface area contributed by atoms with Crippen molar-refractivity contribution in [2.24, 2.45) is 10.2 Å². The molecule has 9 nitrogen and oxygen atoms in total. The molecule has 0 atom stereocenters. The van der Waals surface area contributed by atoms with E-state index >= 15 is 0 Å². The van der Waals surface area contributed by atoms with E-state index in [1.165, 1.54) is 38.3 Å². The first-order valence-electron chi connectivity index (χ1n) is 10.6. The number of anilines is 1. The summed E-state index contributed by atoms with van der Waals surface area (Å²) in [5.74, 6) is -0.654. The largest absolute Gasteiger partial charge is 0.505 e. The quantitative estimate of drug-likeness (QED) is 0.170. The van der Waals surface area contributed by atoms with Crippen molar-refractivity contribution < 1.29 is 27.6 Å². The Hall–Kier alpha value is -3.70. The van der Waals surface area contributed by atoms with Crippen LogP contribution in [0, 0.1) is 6.92 Å². The number of methoxy groups -OCH3 is 1. The number of hydrogen-bond acceptors (Lipinski definition) is 7. The number of carbonyl (C=O) groups excluding carboxylic acids is 1. The normalized spacial score (nSPS) is 11.7. The molecule has 12 heteroatoms. The molecule has 0 saturated carbocycles. The summed E-state index contributed by atoms with van der Waals surface area (Å²) in [5.41, 5.74) is 0.389. The highest BCUT2D eigenvalue weighted by Gasteiger charge is 2.21. The molecule has 3 N–H and O–H groups in total. The molecule has 0 aliphatic heterocycles. The predicted octanol–water partition coefficient (Wildman–Crippen LogP) is 7.08. The summed E-state index contributed by atoms with van der Waals surface area (Å²) in [5, 5.41) is 23.2. The Bertz CT molecular complexity index is 1690. The number of amides is 1. The monoisotopic (exact) mass is 559 g/mol. The maximum absolute atomic E-state index is 13.1. The summed E-state index contributed by atoms with van der Waals surface area (Å²) in [6.07, 6.45) is 0. The van der Waals surface area contributed by atoms with Gasteiger partial charge in [-0.15, -0.1) is 5.11 Å². The van der Waals surface area contributed by atoms with Crippen LogP contribution in [0.5, 0.6) is 11.5 Å². The minimum Gasteiger partial charge on any atom is -0.505 e. The molecule has 4 aromatic carbocycles. The minimum atomic E-state index is -4.62. The van der Waals surface area contributed by atoms with Gasteiger partial charge in [-0.2, -0.15) is 13.5 Å². The molecule has 37 heavy (non-hydrogen) atoms. The average Bonchev–Trinajstić information content (AvgIpc) is 2.83. The fourth-order valence-corrected chi connectivity index (χ4v) is 5.25. The van der Waals surface area contributed by atoms with Crippen molar-refractivity contribution in [3.8, 4) is 11.5 Å². The van der Waals surface area contributed by atoms with Crippen molar-refractivity contribution in [1.29, 1.82) is 0 Å². The second-order valence-electron chi connectivity index (χ2n) is 7.87. The van der Waals surface area contributed by atoms with E-state index in [-0.39, 0.29) is 27.5 Å². The van der Waals surface area contributed by atoms with E-state index < -0.39 is 26.7 Å². The van der Waals surface area contributed by atoms with Gasteiger partial charge in [0.05, 0.1) is 23.4 Å². The average molecular weight is 560 g/mol. The highest BCUT2D eigenvalue weighted by molar-refractivity contribution is 7.86. The van der Waals surface area contributed by atoms with E-state index in [4.69, 9.17) is 27.9 Å². The van der Waals surface area contributed by atoms with Crippen molar-refractivity contribution in [3.63, 3.8) is 0 Å². The summed E-state index contributed by atoms with van der Waals surface area (Å²) in [7, 11) is -3.16. The van der Waals surface area contributed by atoms with Crippen LogP contribution in [0.3, 0.4) is 0 Å². The predicted molar refractivity (Wildman–Crippen MR) is 142 cm³/mol. The lowest BCUT2D eigenvalue weighted by molar-refractivity contribution is 0.102. The van der Waals surface area contributed by atoms with Gasteiger partial charge >= 0.3 is 0 Å². The zero-order valence-electron chi connectivity index (χ0n) is 19.4. The number of nitrogens with one attached hydrogen (secondary N) is 1. The van der Waals surface area contributed by atoms with Gasteiger partial charge in [-0.25, -0.2) is 0 Å². The van der Waals surface area contributed by atoms with E-state index in [2.05, 4.69) is 15.5 Å². The first kappa shape index (κ1) is 26.4. The van der Waals surface area contributed by atoms with E-state index in [9.17, 15) is 22.9 Å². The molecule has 0 heterocycles. The number of phenolic OH excluding ortho intramolecular Hbond substituents is 1. The number of azo groups is 1. The Labute approximate surface area is 222 Å². The summed E-state index contributed by atoms with van der Waals surface area (Å²) < 4.78 is 38.2. The molecule has 4 aromatic rings. The number of rotatable bonds is 6. The number of aromatic hydroxyl groups is 1. The highest BCUT2D eigenvalue weighted by atomic mass is 35.5. The van der Waals surface area contributed by atoms with Gasteiger partial charge in [0, 0.05) is 22.2 Å². The lowest BCUT2D eigenvalue weighted by Gasteiger charge is -2.12. The first-order chi connectivity index (χ1) is 17.5. The summed E-state index contributed by atoms with van der Waals surface area (Å²) in [6.45, 7) is 1.41. The molecule has 0 saturated heterocycles. The number of carbonyl (C=O) groups is 1. The molecule has 0 aromatic heterocycles. The van der Waals surface area contributed by atoms with Crippen LogP contribution in [0.15, 0.2) is 75.8 Å². The van der Waals surface area contributed by atoms with Crippen molar-refractivity contribution in [1.82, 2.24) is 0 Å². The van der Waals surface area contributed by atoms with Gasteiger partial charge in [-0.05, 0) is 48.2 Å². The fraction of sp³-hybridized carbons (Fsp3) is 0.0800. The zero-order chi connectivity index (χ0) is 26.9. The third kappa shape index (κ3) is 5.52. The Kier molecular flexibility index (Phi) is 7.37. The summed E-state index contributed by atoms with van der Waals surface area (Å²) in [6, 6.07) is 15.7. The molecule has 4 rings (SSSR count). The van der Waals surface area contributed by atoms with Gasteiger partial charge in [-0.3, -0.25) is 9.35 Å². The van der Waals surface area contributed by atoms with Gasteiger partial charge in [-0.1, -0.05) is 47.5 Å². The lowest BCUT2D eigenvalue weighted by atomic mass is 10.0. The molecule has 0 bridgehead atoms. The molecular formula is C25H19Cl2N3O6S. The van der Waals surface area contributed by atoms with Crippen LogP contribution in [-0.2, 0) is 10.1 Å².